The highest BCUT2D eigenvalue weighted by atomic mass is 32.2. The molecule has 2 aliphatic rings. The second-order valence-corrected chi connectivity index (χ2v) is 8.10. The van der Waals surface area contributed by atoms with Crippen molar-refractivity contribution in [3.8, 4) is 0 Å². The number of rotatable bonds is 2. The summed E-state index contributed by atoms with van der Waals surface area (Å²) in [5.41, 5.74) is 0.743. The van der Waals surface area contributed by atoms with Crippen LogP contribution < -0.4 is 0 Å². The molecule has 4 rings (SSSR count). The molecule has 2 aromatic rings. The third kappa shape index (κ3) is 2.17. The number of ether oxygens (including phenoxy) is 1. The van der Waals surface area contributed by atoms with E-state index in [4.69, 9.17) is 4.74 Å². The lowest BCUT2D eigenvalue weighted by Gasteiger charge is -2.37. The predicted octanol–water partition coefficient (Wildman–Crippen LogP) is 1.27. The number of hydrogen-bond acceptors (Lipinski definition) is 5. The van der Waals surface area contributed by atoms with E-state index >= 15 is 0 Å². The number of sulfonamides is 1. The summed E-state index contributed by atoms with van der Waals surface area (Å²) in [5.74, 6) is -0.327. The second kappa shape index (κ2) is 5.15. The van der Waals surface area contributed by atoms with Crippen LogP contribution in [-0.2, 0) is 27.4 Å². The number of aryl methyl sites for hydroxylation is 1. The van der Waals surface area contributed by atoms with Crippen LogP contribution in [0, 0.1) is 0 Å². The summed E-state index contributed by atoms with van der Waals surface area (Å²) in [6.07, 6.45) is 3.85. The van der Waals surface area contributed by atoms with Gasteiger partial charge in [-0.05, 0) is 6.07 Å². The van der Waals surface area contributed by atoms with E-state index in [1.165, 1.54) is 16.8 Å². The fourth-order valence-corrected chi connectivity index (χ4v) is 4.87. The first kappa shape index (κ1) is 15.3. The number of benzene rings is 1. The highest BCUT2D eigenvalue weighted by Crippen LogP contribution is 2.44. The van der Waals surface area contributed by atoms with Gasteiger partial charge < -0.3 is 9.30 Å². The number of imidazole rings is 1. The van der Waals surface area contributed by atoms with Crippen molar-refractivity contribution >= 4 is 16.0 Å². The Balaban J connectivity index is 1.59. The molecule has 24 heavy (non-hydrogen) atoms. The Bertz CT molecular complexity index is 911. The standard InChI is InChI=1S/C16H17N3O4S/c1-18-10-14(17-11-18)24(21,22)19-8-6-16(7-9-19)13-5-3-2-4-12(13)15(20)23-16/h2-5,10-11H,6-9H2,1H3. The van der Waals surface area contributed by atoms with Gasteiger partial charge in [0.15, 0.2) is 5.03 Å². The average Bonchev–Trinajstić information content (AvgIpc) is 3.12. The van der Waals surface area contributed by atoms with Crippen LogP contribution in [0.5, 0.6) is 0 Å². The number of carbonyl (C=O) groups is 1. The normalized spacial score (nSPS) is 20.1. The minimum atomic E-state index is -3.62. The van der Waals surface area contributed by atoms with Gasteiger partial charge in [-0.25, -0.2) is 18.2 Å². The van der Waals surface area contributed by atoms with Crippen LogP contribution in [0.15, 0.2) is 41.8 Å². The van der Waals surface area contributed by atoms with Gasteiger partial charge in [-0.3, -0.25) is 0 Å². The molecule has 126 valence electrons. The van der Waals surface area contributed by atoms with E-state index in [1.54, 1.807) is 23.7 Å². The molecule has 1 fully saturated rings. The summed E-state index contributed by atoms with van der Waals surface area (Å²) in [5, 5.41) is 0.0461. The Morgan fingerprint density at radius 2 is 1.92 bits per heavy atom. The molecule has 0 aliphatic carbocycles. The smallest absolute Gasteiger partial charge is 0.339 e. The molecule has 0 amide bonds. The molecular weight excluding hydrogens is 330 g/mol. The van der Waals surface area contributed by atoms with Crippen molar-refractivity contribution in [3.05, 3.63) is 47.9 Å². The van der Waals surface area contributed by atoms with Gasteiger partial charge in [0.2, 0.25) is 0 Å². The van der Waals surface area contributed by atoms with Crippen molar-refractivity contribution < 1.29 is 17.9 Å². The maximum absolute atomic E-state index is 12.7. The average molecular weight is 347 g/mol. The summed E-state index contributed by atoms with van der Waals surface area (Å²) >= 11 is 0. The Morgan fingerprint density at radius 1 is 1.21 bits per heavy atom. The molecule has 3 heterocycles. The SMILES string of the molecule is Cn1cnc(S(=O)(=O)N2CCC3(CC2)OC(=O)c2ccccc23)c1. The third-order valence-electron chi connectivity index (χ3n) is 4.74. The second-order valence-electron chi connectivity index (χ2n) is 6.21. The third-order valence-corrected chi connectivity index (χ3v) is 6.53. The molecule has 0 radical (unpaired) electrons. The van der Waals surface area contributed by atoms with Crippen LogP contribution in [0.4, 0.5) is 0 Å². The molecule has 0 saturated carbocycles. The van der Waals surface area contributed by atoms with Crippen LogP contribution >= 0.6 is 0 Å². The summed E-state index contributed by atoms with van der Waals surface area (Å²) in [6, 6.07) is 7.33. The number of hydrogen-bond donors (Lipinski definition) is 0. The summed E-state index contributed by atoms with van der Waals surface area (Å²) < 4.78 is 34.0. The van der Waals surface area contributed by atoms with Crippen molar-refractivity contribution in [2.75, 3.05) is 13.1 Å². The molecular formula is C16H17N3O4S. The van der Waals surface area contributed by atoms with Crippen LogP contribution in [0.2, 0.25) is 0 Å². The first-order valence-electron chi connectivity index (χ1n) is 7.73. The fraction of sp³-hybridized carbons (Fsp3) is 0.375. The van der Waals surface area contributed by atoms with Gasteiger partial charge in [-0.2, -0.15) is 4.31 Å². The van der Waals surface area contributed by atoms with E-state index in [2.05, 4.69) is 4.98 Å². The Morgan fingerprint density at radius 3 is 2.58 bits per heavy atom. The highest BCUT2D eigenvalue weighted by Gasteiger charge is 2.48. The van der Waals surface area contributed by atoms with E-state index < -0.39 is 15.6 Å². The number of nitrogens with zero attached hydrogens (tertiary/aromatic N) is 3. The molecule has 0 bridgehead atoms. The molecule has 0 atom stereocenters. The van der Waals surface area contributed by atoms with Crippen molar-refractivity contribution in [2.24, 2.45) is 7.05 Å². The topological polar surface area (TPSA) is 81.5 Å². The van der Waals surface area contributed by atoms with Crippen molar-refractivity contribution in [1.29, 1.82) is 0 Å². The van der Waals surface area contributed by atoms with E-state index in [9.17, 15) is 13.2 Å². The molecule has 1 aromatic carbocycles. The minimum Gasteiger partial charge on any atom is -0.450 e. The number of esters is 1. The molecule has 7 nitrogen and oxygen atoms in total. The summed E-state index contributed by atoms with van der Waals surface area (Å²) in [7, 11) is -1.89. The maximum Gasteiger partial charge on any atom is 0.339 e. The van der Waals surface area contributed by atoms with Crippen molar-refractivity contribution in [3.63, 3.8) is 0 Å². The van der Waals surface area contributed by atoms with Crippen LogP contribution in [-0.4, -0.2) is 41.3 Å². The Hall–Kier alpha value is -2.19. The molecule has 1 aromatic heterocycles. The number of fused-ring (bicyclic) bond motifs is 2. The van der Waals surface area contributed by atoms with Gasteiger partial charge >= 0.3 is 5.97 Å². The molecule has 0 unspecified atom stereocenters. The first-order chi connectivity index (χ1) is 11.4. The van der Waals surface area contributed by atoms with Gasteiger partial charge in [-0.15, -0.1) is 0 Å². The summed E-state index contributed by atoms with van der Waals surface area (Å²) in [6.45, 7) is 0.584. The summed E-state index contributed by atoms with van der Waals surface area (Å²) in [4.78, 5) is 16.0. The van der Waals surface area contributed by atoms with Crippen LogP contribution in [0.25, 0.3) is 0 Å². The van der Waals surface area contributed by atoms with E-state index in [0.717, 1.165) is 5.56 Å². The zero-order valence-corrected chi connectivity index (χ0v) is 14.0. The first-order valence-corrected chi connectivity index (χ1v) is 9.17. The Kier molecular flexibility index (Phi) is 3.29. The molecule has 1 spiro atoms. The van der Waals surface area contributed by atoms with E-state index in [-0.39, 0.29) is 11.0 Å². The predicted molar refractivity (Wildman–Crippen MR) is 84.7 cm³/mol. The number of piperidine rings is 1. The Labute approximate surface area is 139 Å². The lowest BCUT2D eigenvalue weighted by molar-refractivity contribution is -0.0329. The number of aromatic nitrogens is 2. The van der Waals surface area contributed by atoms with Crippen LogP contribution in [0.1, 0.15) is 28.8 Å². The van der Waals surface area contributed by atoms with Gasteiger partial charge in [0, 0.05) is 44.7 Å². The monoisotopic (exact) mass is 347 g/mol. The largest absolute Gasteiger partial charge is 0.450 e. The molecule has 2 aliphatic heterocycles. The number of carbonyl (C=O) groups excluding carboxylic acids is 1. The molecule has 1 saturated heterocycles. The fourth-order valence-electron chi connectivity index (χ4n) is 3.46. The van der Waals surface area contributed by atoms with Crippen molar-refractivity contribution in [1.82, 2.24) is 13.9 Å². The zero-order valence-electron chi connectivity index (χ0n) is 13.2. The van der Waals surface area contributed by atoms with E-state index in [1.807, 2.05) is 12.1 Å². The van der Waals surface area contributed by atoms with E-state index in [0.29, 0.717) is 31.5 Å². The molecule has 8 heteroatoms. The quantitative estimate of drug-likeness (QED) is 0.764. The lowest BCUT2D eigenvalue weighted by Crippen LogP contribution is -2.45. The van der Waals surface area contributed by atoms with Gasteiger partial charge in [0.1, 0.15) is 5.60 Å². The van der Waals surface area contributed by atoms with Gasteiger partial charge in [0.05, 0.1) is 11.9 Å². The van der Waals surface area contributed by atoms with Gasteiger partial charge in [0.25, 0.3) is 10.0 Å². The minimum absolute atomic E-state index is 0.0461. The lowest BCUT2D eigenvalue weighted by atomic mass is 9.84. The molecule has 0 N–H and O–H groups in total. The highest BCUT2D eigenvalue weighted by molar-refractivity contribution is 7.89. The maximum atomic E-state index is 12.7. The van der Waals surface area contributed by atoms with Gasteiger partial charge in [-0.1, -0.05) is 18.2 Å². The zero-order chi connectivity index (χ0) is 16.9. The van der Waals surface area contributed by atoms with Crippen molar-refractivity contribution in [2.45, 2.75) is 23.5 Å². The van der Waals surface area contributed by atoms with Crippen LogP contribution in [0.3, 0.4) is 0 Å².